The number of ether oxygens (including phenoxy) is 1. The molecule has 0 bridgehead atoms. The number of amides is 3. The second-order valence-corrected chi connectivity index (χ2v) is 12.4. The fourth-order valence-electron chi connectivity index (χ4n) is 4.96. The van der Waals surface area contributed by atoms with Crippen LogP contribution in [0.2, 0.25) is 4.34 Å². The van der Waals surface area contributed by atoms with E-state index in [1.807, 2.05) is 0 Å². The lowest BCUT2D eigenvalue weighted by molar-refractivity contribution is -0.125. The summed E-state index contributed by atoms with van der Waals surface area (Å²) in [6.07, 6.45) is 0.470. The van der Waals surface area contributed by atoms with Gasteiger partial charge in [0.1, 0.15) is 12.6 Å². The highest BCUT2D eigenvalue weighted by molar-refractivity contribution is 7.18. The molecule has 2 heterocycles. The van der Waals surface area contributed by atoms with E-state index >= 15 is 0 Å². The van der Waals surface area contributed by atoms with Gasteiger partial charge in [0.25, 0.3) is 18.2 Å². The minimum Gasteiger partial charge on any atom is -0.370 e. The standard InChI is InChI=1S/C28H35ClF2N4O4S/c1-17(2)14-34(15-18-4-3-5-18)22(13-32-28(38)23-8-9-24(29)40-23)27(37)33-19-6-7-21(20(12-19)26(30)31)35-10-11-39-16-25(35)36/h6-9,12,17-18,22,26H,3-5,10-11,13-16H2,1-2H3,(H,32,38)(H,33,37)/t22-/m1/s1. The Hall–Kier alpha value is -2.60. The van der Waals surface area contributed by atoms with Crippen LogP contribution in [0.3, 0.4) is 0 Å². The zero-order chi connectivity index (χ0) is 28.8. The third-order valence-electron chi connectivity index (χ3n) is 7.12. The lowest BCUT2D eigenvalue weighted by Gasteiger charge is -2.37. The molecular weight excluding hydrogens is 562 g/mol. The van der Waals surface area contributed by atoms with Gasteiger partial charge in [0.15, 0.2) is 0 Å². The van der Waals surface area contributed by atoms with Crippen molar-refractivity contribution < 1.29 is 27.9 Å². The average molecular weight is 597 g/mol. The number of nitrogens with one attached hydrogen (secondary N) is 2. The normalized spacial score (nSPS) is 16.9. The molecule has 218 valence electrons. The average Bonchev–Trinajstić information content (AvgIpc) is 3.32. The van der Waals surface area contributed by atoms with Crippen LogP contribution in [-0.4, -0.2) is 68.1 Å². The summed E-state index contributed by atoms with van der Waals surface area (Å²) in [6, 6.07) is 6.70. The molecule has 1 aromatic heterocycles. The van der Waals surface area contributed by atoms with Gasteiger partial charge in [-0.3, -0.25) is 19.3 Å². The van der Waals surface area contributed by atoms with Crippen molar-refractivity contribution in [2.45, 2.75) is 45.6 Å². The highest BCUT2D eigenvalue weighted by Crippen LogP contribution is 2.34. The zero-order valence-corrected chi connectivity index (χ0v) is 24.2. The van der Waals surface area contributed by atoms with Crippen LogP contribution >= 0.6 is 22.9 Å². The fourth-order valence-corrected chi connectivity index (χ4v) is 5.92. The molecular formula is C28H35ClF2N4O4S. The van der Waals surface area contributed by atoms with E-state index in [1.54, 1.807) is 12.1 Å². The van der Waals surface area contributed by atoms with Crippen molar-refractivity contribution in [3.63, 3.8) is 0 Å². The van der Waals surface area contributed by atoms with E-state index in [1.165, 1.54) is 23.1 Å². The predicted octanol–water partition coefficient (Wildman–Crippen LogP) is 5.20. The van der Waals surface area contributed by atoms with Crippen molar-refractivity contribution in [2.24, 2.45) is 11.8 Å². The van der Waals surface area contributed by atoms with Gasteiger partial charge in [0.2, 0.25) is 5.91 Å². The summed E-state index contributed by atoms with van der Waals surface area (Å²) >= 11 is 7.13. The maximum atomic E-state index is 14.1. The largest absolute Gasteiger partial charge is 0.370 e. The van der Waals surface area contributed by atoms with Gasteiger partial charge in [0.05, 0.1) is 21.5 Å². The molecule has 1 aliphatic carbocycles. The summed E-state index contributed by atoms with van der Waals surface area (Å²) in [7, 11) is 0. The number of benzene rings is 1. The Labute approximate surface area is 242 Å². The van der Waals surface area contributed by atoms with E-state index in [0.29, 0.717) is 28.2 Å². The number of carbonyl (C=O) groups is 3. The smallest absolute Gasteiger partial charge is 0.265 e. The Balaban J connectivity index is 1.56. The third-order valence-corrected chi connectivity index (χ3v) is 8.35. The molecule has 3 amide bonds. The summed E-state index contributed by atoms with van der Waals surface area (Å²) in [4.78, 5) is 42.6. The first-order chi connectivity index (χ1) is 19.1. The van der Waals surface area contributed by atoms with Crippen molar-refractivity contribution in [3.8, 4) is 0 Å². The minimum absolute atomic E-state index is 0.0433. The van der Waals surface area contributed by atoms with Crippen LogP contribution in [0.15, 0.2) is 30.3 Å². The quantitative estimate of drug-likeness (QED) is 0.352. The van der Waals surface area contributed by atoms with Crippen molar-refractivity contribution in [2.75, 3.05) is 49.6 Å². The van der Waals surface area contributed by atoms with Gasteiger partial charge < -0.3 is 20.3 Å². The van der Waals surface area contributed by atoms with Crippen LogP contribution in [0.4, 0.5) is 20.2 Å². The maximum Gasteiger partial charge on any atom is 0.265 e. The molecule has 0 radical (unpaired) electrons. The highest BCUT2D eigenvalue weighted by Gasteiger charge is 2.32. The molecule has 4 rings (SSSR count). The number of nitrogens with zero attached hydrogens (tertiary/aromatic N) is 2. The maximum absolute atomic E-state index is 14.1. The van der Waals surface area contributed by atoms with E-state index in [0.717, 1.165) is 30.6 Å². The Morgan fingerprint density at radius 1 is 1.23 bits per heavy atom. The molecule has 2 aliphatic rings. The summed E-state index contributed by atoms with van der Waals surface area (Å²) in [5, 5.41) is 5.66. The van der Waals surface area contributed by atoms with Gasteiger partial charge in [-0.15, -0.1) is 11.3 Å². The second-order valence-electron chi connectivity index (χ2n) is 10.6. The first-order valence-corrected chi connectivity index (χ1v) is 14.7. The van der Waals surface area contributed by atoms with Crippen LogP contribution in [0.25, 0.3) is 0 Å². The van der Waals surface area contributed by atoms with Gasteiger partial charge in [-0.25, -0.2) is 8.78 Å². The van der Waals surface area contributed by atoms with Crippen LogP contribution < -0.4 is 15.5 Å². The molecule has 1 saturated carbocycles. The first kappa shape index (κ1) is 30.4. The van der Waals surface area contributed by atoms with Crippen molar-refractivity contribution >= 4 is 52.0 Å². The van der Waals surface area contributed by atoms with Gasteiger partial charge in [-0.2, -0.15) is 0 Å². The van der Waals surface area contributed by atoms with E-state index in [2.05, 4.69) is 29.4 Å². The monoisotopic (exact) mass is 596 g/mol. The van der Waals surface area contributed by atoms with E-state index in [4.69, 9.17) is 16.3 Å². The molecule has 8 nitrogen and oxygen atoms in total. The van der Waals surface area contributed by atoms with Crippen molar-refractivity contribution in [3.05, 3.63) is 45.1 Å². The SMILES string of the molecule is CC(C)CN(CC1CCC1)[C@H](CNC(=O)c1ccc(Cl)s1)C(=O)Nc1ccc(N2CCOCC2=O)c(C(F)F)c1. The topological polar surface area (TPSA) is 91.0 Å². The summed E-state index contributed by atoms with van der Waals surface area (Å²) in [5.41, 5.74) is -0.0496. The Bertz CT molecular complexity index is 1210. The molecule has 1 atom stereocenters. The van der Waals surface area contributed by atoms with Crippen molar-refractivity contribution in [1.29, 1.82) is 0 Å². The van der Waals surface area contributed by atoms with E-state index in [9.17, 15) is 23.2 Å². The van der Waals surface area contributed by atoms with E-state index < -0.39 is 24.3 Å². The number of thiophene rings is 1. The molecule has 1 aromatic carbocycles. The third kappa shape index (κ3) is 7.78. The summed E-state index contributed by atoms with van der Waals surface area (Å²) in [5.74, 6) is -0.398. The van der Waals surface area contributed by atoms with Crippen LogP contribution in [-0.2, 0) is 14.3 Å². The number of hydrogen-bond acceptors (Lipinski definition) is 6. The molecule has 2 aromatic rings. The Morgan fingerprint density at radius 2 is 2.00 bits per heavy atom. The van der Waals surface area contributed by atoms with Gasteiger partial charge >= 0.3 is 0 Å². The molecule has 2 N–H and O–H groups in total. The number of anilines is 2. The van der Waals surface area contributed by atoms with Crippen molar-refractivity contribution in [1.82, 2.24) is 10.2 Å². The number of rotatable bonds is 12. The number of morpholine rings is 1. The molecule has 12 heteroatoms. The predicted molar refractivity (Wildman–Crippen MR) is 152 cm³/mol. The first-order valence-electron chi connectivity index (χ1n) is 13.5. The minimum atomic E-state index is -2.86. The summed E-state index contributed by atoms with van der Waals surface area (Å²) < 4.78 is 33.8. The molecule has 1 aliphatic heterocycles. The highest BCUT2D eigenvalue weighted by atomic mass is 35.5. The van der Waals surface area contributed by atoms with Crippen LogP contribution in [0.1, 0.15) is 54.8 Å². The van der Waals surface area contributed by atoms with Crippen LogP contribution in [0, 0.1) is 11.8 Å². The zero-order valence-electron chi connectivity index (χ0n) is 22.6. The van der Waals surface area contributed by atoms with Gasteiger partial charge in [-0.1, -0.05) is 31.9 Å². The second kappa shape index (κ2) is 13.8. The lowest BCUT2D eigenvalue weighted by atomic mass is 9.84. The molecule has 0 spiro atoms. The van der Waals surface area contributed by atoms with Gasteiger partial charge in [0, 0.05) is 37.4 Å². The van der Waals surface area contributed by atoms with Gasteiger partial charge in [-0.05, 0) is 55.0 Å². The molecule has 2 fully saturated rings. The Morgan fingerprint density at radius 3 is 2.60 bits per heavy atom. The number of alkyl halides is 2. The number of carbonyl (C=O) groups excluding carboxylic acids is 3. The van der Waals surface area contributed by atoms with Crippen LogP contribution in [0.5, 0.6) is 0 Å². The molecule has 1 saturated heterocycles. The number of halogens is 3. The van der Waals surface area contributed by atoms with E-state index in [-0.39, 0.29) is 55.1 Å². The molecule has 0 unspecified atom stereocenters. The summed E-state index contributed by atoms with van der Waals surface area (Å²) in [6.45, 7) is 5.77. The fraction of sp³-hybridized carbons (Fsp3) is 0.536. The molecule has 40 heavy (non-hydrogen) atoms. The lowest BCUT2D eigenvalue weighted by Crippen LogP contribution is -2.53. The Kier molecular flexibility index (Phi) is 10.5. The number of hydrogen-bond donors (Lipinski definition) is 2.